The number of nitriles is 1. The Bertz CT molecular complexity index is 533. The summed E-state index contributed by atoms with van der Waals surface area (Å²) in [4.78, 5) is 13.1. The molecule has 0 aliphatic carbocycles. The van der Waals surface area contributed by atoms with Crippen molar-refractivity contribution in [2.75, 3.05) is 11.4 Å². The van der Waals surface area contributed by atoms with E-state index in [1.165, 1.54) is 17.0 Å². The third-order valence-corrected chi connectivity index (χ3v) is 3.07. The highest BCUT2D eigenvalue weighted by molar-refractivity contribution is 5.95. The second-order valence-corrected chi connectivity index (χ2v) is 4.48. The molecule has 19 heavy (non-hydrogen) atoms. The van der Waals surface area contributed by atoms with Crippen molar-refractivity contribution in [2.45, 2.75) is 19.0 Å². The summed E-state index contributed by atoms with van der Waals surface area (Å²) < 4.78 is 37.8. The van der Waals surface area contributed by atoms with Gasteiger partial charge in [-0.25, -0.2) is 0 Å². The molecule has 0 saturated carbocycles. The minimum absolute atomic E-state index is 0.105. The molecule has 1 aromatic rings. The number of anilines is 1. The van der Waals surface area contributed by atoms with E-state index in [0.29, 0.717) is 6.54 Å². The number of hydrogen-bond donors (Lipinski definition) is 0. The second-order valence-electron chi connectivity index (χ2n) is 4.48. The van der Waals surface area contributed by atoms with Gasteiger partial charge >= 0.3 is 6.18 Å². The van der Waals surface area contributed by atoms with Crippen LogP contribution < -0.4 is 4.90 Å². The van der Waals surface area contributed by atoms with Crippen LogP contribution in [0.4, 0.5) is 18.9 Å². The first-order valence-electron chi connectivity index (χ1n) is 5.76. The van der Waals surface area contributed by atoms with Gasteiger partial charge in [0.15, 0.2) is 0 Å². The molecule has 2 rings (SSSR count). The van der Waals surface area contributed by atoms with E-state index in [1.807, 2.05) is 6.07 Å². The first-order chi connectivity index (χ1) is 8.91. The summed E-state index contributed by atoms with van der Waals surface area (Å²) in [6.07, 6.45) is -3.98. The van der Waals surface area contributed by atoms with Crippen LogP contribution in [0.15, 0.2) is 24.3 Å². The van der Waals surface area contributed by atoms with Gasteiger partial charge in [-0.3, -0.25) is 4.79 Å². The largest absolute Gasteiger partial charge is 0.416 e. The zero-order valence-electron chi connectivity index (χ0n) is 9.94. The van der Waals surface area contributed by atoms with Crippen LogP contribution in [0.1, 0.15) is 18.4 Å². The lowest BCUT2D eigenvalue weighted by molar-refractivity contribution is -0.137. The van der Waals surface area contributed by atoms with Crippen molar-refractivity contribution >= 4 is 11.6 Å². The molecule has 0 bridgehead atoms. The Morgan fingerprint density at radius 3 is 2.79 bits per heavy atom. The maximum atomic E-state index is 12.6. The van der Waals surface area contributed by atoms with Gasteiger partial charge in [0, 0.05) is 25.1 Å². The van der Waals surface area contributed by atoms with E-state index < -0.39 is 11.7 Å². The van der Waals surface area contributed by atoms with E-state index in [1.54, 1.807) is 0 Å². The van der Waals surface area contributed by atoms with Gasteiger partial charge < -0.3 is 4.90 Å². The first-order valence-corrected chi connectivity index (χ1v) is 5.76. The molecule has 0 spiro atoms. The van der Waals surface area contributed by atoms with Crippen molar-refractivity contribution in [3.8, 4) is 6.07 Å². The zero-order chi connectivity index (χ0) is 14.0. The third-order valence-electron chi connectivity index (χ3n) is 3.07. The number of nitrogens with zero attached hydrogens (tertiary/aromatic N) is 2. The van der Waals surface area contributed by atoms with Crippen molar-refractivity contribution in [3.05, 3.63) is 29.8 Å². The van der Waals surface area contributed by atoms with E-state index in [0.717, 1.165) is 12.1 Å². The standard InChI is InChI=1S/C13H11F3N2O/c14-13(15,16)10-2-1-3-11(7-10)18-8-9(4-5-17)6-12(18)19/h1-3,7,9H,4,6,8H2. The van der Waals surface area contributed by atoms with E-state index >= 15 is 0 Å². The van der Waals surface area contributed by atoms with Gasteiger partial charge in [-0.1, -0.05) is 6.07 Å². The molecule has 1 unspecified atom stereocenters. The van der Waals surface area contributed by atoms with Gasteiger partial charge in [0.05, 0.1) is 11.6 Å². The van der Waals surface area contributed by atoms with Crippen molar-refractivity contribution in [3.63, 3.8) is 0 Å². The number of carbonyl (C=O) groups excluding carboxylic acids is 1. The number of benzene rings is 1. The molecule has 1 aromatic carbocycles. The highest BCUT2D eigenvalue weighted by Gasteiger charge is 2.34. The van der Waals surface area contributed by atoms with Crippen LogP contribution in [0, 0.1) is 17.2 Å². The Balaban J connectivity index is 2.24. The Hall–Kier alpha value is -2.03. The molecule has 1 atom stereocenters. The van der Waals surface area contributed by atoms with Crippen molar-refractivity contribution < 1.29 is 18.0 Å². The number of alkyl halides is 3. The molecule has 3 nitrogen and oxygen atoms in total. The lowest BCUT2D eigenvalue weighted by atomic mass is 10.1. The van der Waals surface area contributed by atoms with E-state index in [9.17, 15) is 18.0 Å². The fourth-order valence-electron chi connectivity index (χ4n) is 2.15. The summed E-state index contributed by atoms with van der Waals surface area (Å²) in [5.41, 5.74) is -0.540. The van der Waals surface area contributed by atoms with Gasteiger partial charge in [0.2, 0.25) is 5.91 Å². The van der Waals surface area contributed by atoms with E-state index in [2.05, 4.69) is 0 Å². The van der Waals surface area contributed by atoms with Gasteiger partial charge in [0.1, 0.15) is 0 Å². The van der Waals surface area contributed by atoms with Crippen molar-refractivity contribution in [1.29, 1.82) is 5.26 Å². The Labute approximate surface area is 108 Å². The normalized spacial score (nSPS) is 19.6. The number of halogens is 3. The molecular weight excluding hydrogens is 257 g/mol. The highest BCUT2D eigenvalue weighted by Crippen LogP contribution is 2.33. The number of rotatable bonds is 2. The van der Waals surface area contributed by atoms with Gasteiger partial charge in [-0.05, 0) is 24.1 Å². The maximum Gasteiger partial charge on any atom is 0.416 e. The molecule has 0 N–H and O–H groups in total. The average molecular weight is 268 g/mol. The summed E-state index contributed by atoms with van der Waals surface area (Å²) >= 11 is 0. The third kappa shape index (κ3) is 2.87. The second kappa shape index (κ2) is 4.92. The molecule has 1 heterocycles. The van der Waals surface area contributed by atoms with Crippen LogP contribution in [0.2, 0.25) is 0 Å². The molecule has 1 saturated heterocycles. The Morgan fingerprint density at radius 1 is 1.42 bits per heavy atom. The van der Waals surface area contributed by atoms with Crippen LogP contribution in [0.25, 0.3) is 0 Å². The minimum atomic E-state index is -4.43. The summed E-state index contributed by atoms with van der Waals surface area (Å²) in [7, 11) is 0. The summed E-state index contributed by atoms with van der Waals surface area (Å²) in [6, 6.07) is 6.67. The Morgan fingerprint density at radius 2 is 2.16 bits per heavy atom. The topological polar surface area (TPSA) is 44.1 Å². The quantitative estimate of drug-likeness (QED) is 0.827. The summed E-state index contributed by atoms with van der Waals surface area (Å²) in [5.74, 6) is -0.341. The van der Waals surface area contributed by atoms with Gasteiger partial charge in [0.25, 0.3) is 0 Å². The van der Waals surface area contributed by atoms with Crippen LogP contribution in [0.5, 0.6) is 0 Å². The van der Waals surface area contributed by atoms with Gasteiger partial charge in [-0.15, -0.1) is 0 Å². The molecule has 0 radical (unpaired) electrons. The lowest BCUT2D eigenvalue weighted by Gasteiger charge is -2.18. The molecule has 1 fully saturated rings. The van der Waals surface area contributed by atoms with Crippen LogP contribution in [-0.2, 0) is 11.0 Å². The summed E-state index contributed by atoms with van der Waals surface area (Å²) in [6.45, 7) is 0.299. The predicted octanol–water partition coefficient (Wildman–Crippen LogP) is 2.97. The number of amides is 1. The van der Waals surface area contributed by atoms with Crippen molar-refractivity contribution in [1.82, 2.24) is 0 Å². The predicted molar refractivity (Wildman–Crippen MR) is 62.1 cm³/mol. The average Bonchev–Trinajstić information content (AvgIpc) is 2.70. The zero-order valence-corrected chi connectivity index (χ0v) is 9.94. The van der Waals surface area contributed by atoms with Crippen molar-refractivity contribution in [2.24, 2.45) is 5.92 Å². The monoisotopic (exact) mass is 268 g/mol. The van der Waals surface area contributed by atoms with Crippen LogP contribution in [0.3, 0.4) is 0 Å². The van der Waals surface area contributed by atoms with E-state index in [4.69, 9.17) is 5.26 Å². The molecule has 6 heteroatoms. The molecule has 1 amide bonds. The fraction of sp³-hybridized carbons (Fsp3) is 0.385. The van der Waals surface area contributed by atoms with Crippen LogP contribution >= 0.6 is 0 Å². The van der Waals surface area contributed by atoms with Crippen LogP contribution in [-0.4, -0.2) is 12.5 Å². The highest BCUT2D eigenvalue weighted by atomic mass is 19.4. The van der Waals surface area contributed by atoms with E-state index in [-0.39, 0.29) is 30.4 Å². The van der Waals surface area contributed by atoms with Gasteiger partial charge in [-0.2, -0.15) is 18.4 Å². The molecular formula is C13H11F3N2O. The SMILES string of the molecule is N#CCC1CC(=O)N(c2cccc(C(F)(F)F)c2)C1. The molecule has 100 valence electrons. The number of hydrogen-bond acceptors (Lipinski definition) is 2. The molecule has 0 aromatic heterocycles. The fourth-order valence-corrected chi connectivity index (χ4v) is 2.15. The lowest BCUT2D eigenvalue weighted by Crippen LogP contribution is -2.24. The first kappa shape index (κ1) is 13.4. The maximum absolute atomic E-state index is 12.6. The number of carbonyl (C=O) groups is 1. The molecule has 1 aliphatic heterocycles. The smallest absolute Gasteiger partial charge is 0.312 e. The Kier molecular flexibility index (Phi) is 3.47. The minimum Gasteiger partial charge on any atom is -0.312 e. The molecule has 1 aliphatic rings. The summed E-state index contributed by atoms with van der Waals surface area (Å²) in [5, 5.41) is 8.59.